The van der Waals surface area contributed by atoms with Crippen LogP contribution in [0.4, 0.5) is 10.1 Å². The Morgan fingerprint density at radius 1 is 1.16 bits per heavy atom. The van der Waals surface area contributed by atoms with Gasteiger partial charge in [0.15, 0.2) is 11.6 Å². The van der Waals surface area contributed by atoms with Crippen LogP contribution >= 0.6 is 0 Å². The minimum Gasteiger partial charge on any atom is -0.494 e. The third-order valence-corrected chi connectivity index (χ3v) is 6.76. The van der Waals surface area contributed by atoms with E-state index in [2.05, 4.69) is 10.6 Å². The summed E-state index contributed by atoms with van der Waals surface area (Å²) < 4.78 is 21.8. The molecule has 1 aromatic heterocycles. The van der Waals surface area contributed by atoms with Crippen LogP contribution in [0.25, 0.3) is 11.0 Å². The Bertz CT molecular complexity index is 1140. The standard InChI is InChI=1S/C25H28FN3O3/c1-31-23-12-9-17(14-20(23)26)15-24-27-25-19-8-5-13-28(32-16-30)21(19)10-11-22(25)29(24)18-6-3-2-4-7-18/h9-12,14,16,18H,2-8,13,15H2,1H3. The number of carbonyl (C=O) groups excluding carboxylic acids is 1. The van der Waals surface area contributed by atoms with Gasteiger partial charge in [-0.25, -0.2) is 14.4 Å². The van der Waals surface area contributed by atoms with Gasteiger partial charge in [0.1, 0.15) is 5.82 Å². The van der Waals surface area contributed by atoms with Gasteiger partial charge in [-0.2, -0.15) is 0 Å². The largest absolute Gasteiger partial charge is 0.494 e. The van der Waals surface area contributed by atoms with E-state index in [0.29, 0.717) is 25.5 Å². The molecule has 0 radical (unpaired) electrons. The monoisotopic (exact) mass is 437 g/mol. The van der Waals surface area contributed by atoms with E-state index in [4.69, 9.17) is 14.6 Å². The number of nitrogens with zero attached hydrogens (tertiary/aromatic N) is 3. The van der Waals surface area contributed by atoms with Gasteiger partial charge in [0.05, 0.1) is 30.4 Å². The molecule has 5 rings (SSSR count). The van der Waals surface area contributed by atoms with Gasteiger partial charge in [-0.1, -0.05) is 25.3 Å². The summed E-state index contributed by atoms with van der Waals surface area (Å²) in [6.07, 6.45) is 8.31. The predicted octanol–water partition coefficient (Wildman–Crippen LogP) is 5.12. The summed E-state index contributed by atoms with van der Waals surface area (Å²) in [6, 6.07) is 9.66. The Morgan fingerprint density at radius 2 is 2.00 bits per heavy atom. The van der Waals surface area contributed by atoms with Crippen LogP contribution in [0.2, 0.25) is 0 Å². The van der Waals surface area contributed by atoms with Gasteiger partial charge in [-0.05, 0) is 55.5 Å². The van der Waals surface area contributed by atoms with Gasteiger partial charge in [0.25, 0.3) is 0 Å². The minimum atomic E-state index is -0.357. The summed E-state index contributed by atoms with van der Waals surface area (Å²) in [5.41, 5.74) is 4.98. The maximum absolute atomic E-state index is 14.4. The lowest BCUT2D eigenvalue weighted by molar-refractivity contribution is -0.130. The van der Waals surface area contributed by atoms with Crippen LogP contribution in [-0.4, -0.2) is 29.7 Å². The summed E-state index contributed by atoms with van der Waals surface area (Å²) >= 11 is 0. The predicted molar refractivity (Wildman–Crippen MR) is 120 cm³/mol. The molecule has 0 bridgehead atoms. The van der Waals surface area contributed by atoms with Crippen molar-refractivity contribution in [1.29, 1.82) is 0 Å². The number of carbonyl (C=O) groups is 1. The van der Waals surface area contributed by atoms with Crippen molar-refractivity contribution >= 4 is 23.2 Å². The number of anilines is 1. The first-order chi connectivity index (χ1) is 15.7. The van der Waals surface area contributed by atoms with Gasteiger partial charge in [0.2, 0.25) is 0 Å². The molecular formula is C25H28FN3O3. The van der Waals surface area contributed by atoms with E-state index in [0.717, 1.165) is 59.4 Å². The van der Waals surface area contributed by atoms with E-state index in [-0.39, 0.29) is 11.6 Å². The number of imidazole rings is 1. The lowest BCUT2D eigenvalue weighted by atomic mass is 9.94. The molecule has 3 aromatic rings. The zero-order chi connectivity index (χ0) is 22.1. The number of hydroxylamine groups is 1. The molecule has 168 valence electrons. The molecule has 7 heteroatoms. The quantitative estimate of drug-likeness (QED) is 0.501. The Hall–Kier alpha value is -3.09. The molecule has 0 atom stereocenters. The fourth-order valence-corrected chi connectivity index (χ4v) is 5.29. The van der Waals surface area contributed by atoms with Crippen LogP contribution < -0.4 is 9.80 Å². The van der Waals surface area contributed by atoms with Crippen molar-refractivity contribution in [3.63, 3.8) is 0 Å². The lowest BCUT2D eigenvalue weighted by Crippen LogP contribution is -2.29. The lowest BCUT2D eigenvalue weighted by Gasteiger charge is -2.28. The highest BCUT2D eigenvalue weighted by Gasteiger charge is 2.27. The summed E-state index contributed by atoms with van der Waals surface area (Å²) in [7, 11) is 1.47. The summed E-state index contributed by atoms with van der Waals surface area (Å²) in [5.74, 6) is 0.849. The number of hydrogen-bond acceptors (Lipinski definition) is 5. The van der Waals surface area contributed by atoms with Gasteiger partial charge in [0, 0.05) is 18.0 Å². The molecule has 1 fully saturated rings. The minimum absolute atomic E-state index is 0.249. The number of benzene rings is 2. The van der Waals surface area contributed by atoms with Crippen molar-refractivity contribution in [3.05, 3.63) is 53.1 Å². The molecule has 2 aromatic carbocycles. The molecule has 0 spiro atoms. The zero-order valence-corrected chi connectivity index (χ0v) is 18.3. The highest BCUT2D eigenvalue weighted by atomic mass is 19.1. The topological polar surface area (TPSA) is 56.6 Å². The molecule has 0 N–H and O–H groups in total. The van der Waals surface area contributed by atoms with Crippen LogP contribution in [0.3, 0.4) is 0 Å². The summed E-state index contributed by atoms with van der Waals surface area (Å²) in [6.45, 7) is 1.15. The fourth-order valence-electron chi connectivity index (χ4n) is 5.29. The van der Waals surface area contributed by atoms with Gasteiger partial charge in [-0.15, -0.1) is 0 Å². The van der Waals surface area contributed by atoms with Gasteiger partial charge < -0.3 is 14.1 Å². The molecule has 1 saturated carbocycles. The number of methoxy groups -OCH3 is 1. The molecule has 2 heterocycles. The highest BCUT2D eigenvalue weighted by Crippen LogP contribution is 2.38. The highest BCUT2D eigenvalue weighted by molar-refractivity contribution is 5.86. The van der Waals surface area contributed by atoms with Gasteiger partial charge >= 0.3 is 6.47 Å². The normalized spacial score (nSPS) is 16.8. The molecule has 0 unspecified atom stereocenters. The summed E-state index contributed by atoms with van der Waals surface area (Å²) in [5, 5.41) is 1.66. The molecule has 6 nitrogen and oxygen atoms in total. The third-order valence-electron chi connectivity index (χ3n) is 6.76. The van der Waals surface area contributed by atoms with E-state index < -0.39 is 0 Å². The average molecular weight is 438 g/mol. The van der Waals surface area contributed by atoms with Crippen LogP contribution in [0, 0.1) is 5.82 Å². The second-order valence-corrected chi connectivity index (χ2v) is 8.67. The van der Waals surface area contributed by atoms with Crippen molar-refractivity contribution in [2.45, 2.75) is 57.4 Å². The number of hydrogen-bond donors (Lipinski definition) is 0. The SMILES string of the molecule is COc1ccc(Cc2nc3c4c(ccc3n2C2CCCCC2)N(OC=O)CCC4)cc1F. The second kappa shape index (κ2) is 8.81. The molecule has 32 heavy (non-hydrogen) atoms. The number of aromatic nitrogens is 2. The first-order valence-electron chi connectivity index (χ1n) is 11.4. The Balaban J connectivity index is 1.62. The van der Waals surface area contributed by atoms with Crippen LogP contribution in [0.15, 0.2) is 30.3 Å². The Labute approximate surface area is 186 Å². The zero-order valence-electron chi connectivity index (χ0n) is 18.3. The van der Waals surface area contributed by atoms with Crippen LogP contribution in [0.5, 0.6) is 5.75 Å². The van der Waals surface area contributed by atoms with Crippen LogP contribution in [-0.2, 0) is 22.5 Å². The number of halogens is 1. The van der Waals surface area contributed by atoms with E-state index >= 15 is 0 Å². The number of fused-ring (bicyclic) bond motifs is 3. The average Bonchev–Trinajstić information content (AvgIpc) is 3.18. The molecular weight excluding hydrogens is 409 g/mol. The molecule has 0 saturated heterocycles. The van der Waals surface area contributed by atoms with Crippen molar-refractivity contribution in [1.82, 2.24) is 9.55 Å². The third kappa shape index (κ3) is 3.70. The van der Waals surface area contributed by atoms with Crippen molar-refractivity contribution in [2.75, 3.05) is 18.7 Å². The maximum Gasteiger partial charge on any atom is 0.320 e. The smallest absolute Gasteiger partial charge is 0.320 e. The Kier molecular flexibility index (Phi) is 5.72. The molecule has 0 amide bonds. The van der Waals surface area contributed by atoms with Crippen molar-refractivity contribution < 1.29 is 18.8 Å². The van der Waals surface area contributed by atoms with Crippen molar-refractivity contribution in [2.24, 2.45) is 0 Å². The van der Waals surface area contributed by atoms with Gasteiger partial charge in [-0.3, -0.25) is 4.79 Å². The number of rotatable bonds is 6. The van der Waals surface area contributed by atoms with Crippen LogP contribution in [0.1, 0.15) is 61.5 Å². The summed E-state index contributed by atoms with van der Waals surface area (Å²) in [4.78, 5) is 21.3. The fraction of sp³-hybridized carbons (Fsp3) is 0.440. The second-order valence-electron chi connectivity index (χ2n) is 8.67. The molecule has 1 aliphatic carbocycles. The maximum atomic E-state index is 14.4. The Morgan fingerprint density at radius 3 is 2.75 bits per heavy atom. The first-order valence-corrected chi connectivity index (χ1v) is 11.4. The first kappa shape index (κ1) is 20.8. The number of ether oxygens (including phenoxy) is 1. The van der Waals surface area contributed by atoms with Crippen molar-refractivity contribution in [3.8, 4) is 5.75 Å². The number of aryl methyl sites for hydroxylation is 1. The molecule has 1 aliphatic heterocycles. The van der Waals surface area contributed by atoms with E-state index in [9.17, 15) is 9.18 Å². The van der Waals surface area contributed by atoms with E-state index in [1.165, 1.54) is 26.4 Å². The van der Waals surface area contributed by atoms with E-state index in [1.807, 2.05) is 12.1 Å². The molecule has 2 aliphatic rings. The van der Waals surface area contributed by atoms with E-state index in [1.54, 1.807) is 17.2 Å².